The lowest BCUT2D eigenvalue weighted by molar-refractivity contribution is -0.112. The van der Waals surface area contributed by atoms with Gasteiger partial charge in [0.1, 0.15) is 17.4 Å². The molecule has 2 amide bonds. The zero-order valence-electron chi connectivity index (χ0n) is 13.4. The zero-order chi connectivity index (χ0) is 18.2. The molecule has 126 valence electrons. The van der Waals surface area contributed by atoms with Gasteiger partial charge in [0, 0.05) is 23.1 Å². The molecule has 0 fully saturated rings. The van der Waals surface area contributed by atoms with Gasteiger partial charge in [-0.1, -0.05) is 0 Å². The van der Waals surface area contributed by atoms with E-state index in [0.29, 0.717) is 22.7 Å². The fourth-order valence-corrected chi connectivity index (χ4v) is 1.91. The second-order valence-corrected chi connectivity index (χ2v) is 4.94. The Kier molecular flexibility index (Phi) is 5.74. The van der Waals surface area contributed by atoms with Crippen molar-refractivity contribution in [3.63, 3.8) is 0 Å². The minimum absolute atomic E-state index is 0.102. The number of nitrogens with zero attached hydrogens (tertiary/aromatic N) is 1. The van der Waals surface area contributed by atoms with Gasteiger partial charge in [-0.05, 0) is 48.5 Å². The molecule has 0 unspecified atom stereocenters. The number of methoxy groups -OCH3 is 1. The van der Waals surface area contributed by atoms with E-state index >= 15 is 0 Å². The van der Waals surface area contributed by atoms with Crippen molar-refractivity contribution in [3.8, 4) is 11.8 Å². The van der Waals surface area contributed by atoms with Gasteiger partial charge < -0.3 is 21.1 Å². The summed E-state index contributed by atoms with van der Waals surface area (Å²) >= 11 is 0. The lowest BCUT2D eigenvalue weighted by Gasteiger charge is -2.06. The maximum absolute atomic E-state index is 12.1. The highest BCUT2D eigenvalue weighted by Gasteiger charge is 2.09. The van der Waals surface area contributed by atoms with E-state index in [1.165, 1.54) is 6.20 Å². The Bertz CT molecular complexity index is 834. The van der Waals surface area contributed by atoms with Gasteiger partial charge in [0.2, 0.25) is 5.91 Å². The molecule has 0 spiro atoms. The van der Waals surface area contributed by atoms with Gasteiger partial charge in [-0.2, -0.15) is 5.26 Å². The first-order valence-corrected chi connectivity index (χ1v) is 7.25. The molecular formula is C18H16N4O3. The maximum Gasteiger partial charge on any atom is 0.267 e. The minimum Gasteiger partial charge on any atom is -0.497 e. The molecule has 7 nitrogen and oxygen atoms in total. The number of ether oxygens (including phenoxy) is 1. The van der Waals surface area contributed by atoms with Crippen LogP contribution in [-0.4, -0.2) is 18.9 Å². The standard InChI is InChI=1S/C18H16N4O3/c1-25-16-8-6-15(7-9-16)22-18(24)13(10-19)11-21-14-4-2-12(3-5-14)17(20)23/h2-9,11,21H,1H3,(H2,20,23)(H,22,24)/b13-11-. The van der Waals surface area contributed by atoms with Crippen molar-refractivity contribution < 1.29 is 14.3 Å². The second-order valence-electron chi connectivity index (χ2n) is 4.94. The molecule has 25 heavy (non-hydrogen) atoms. The van der Waals surface area contributed by atoms with Crippen molar-refractivity contribution in [1.29, 1.82) is 5.26 Å². The van der Waals surface area contributed by atoms with Crippen LogP contribution in [0.2, 0.25) is 0 Å². The molecule has 0 atom stereocenters. The normalized spacial score (nSPS) is 10.5. The Hall–Kier alpha value is -3.79. The Morgan fingerprint density at radius 3 is 2.20 bits per heavy atom. The van der Waals surface area contributed by atoms with Gasteiger partial charge in [-0.3, -0.25) is 9.59 Å². The number of nitrogens with one attached hydrogen (secondary N) is 2. The average molecular weight is 336 g/mol. The molecule has 0 aliphatic heterocycles. The number of carbonyl (C=O) groups is 2. The van der Waals surface area contributed by atoms with Crippen LogP contribution < -0.4 is 21.1 Å². The number of benzene rings is 2. The van der Waals surface area contributed by atoms with E-state index in [2.05, 4.69) is 10.6 Å². The number of nitrogens with two attached hydrogens (primary N) is 1. The van der Waals surface area contributed by atoms with Gasteiger partial charge in [-0.15, -0.1) is 0 Å². The van der Waals surface area contributed by atoms with Crippen LogP contribution in [0.5, 0.6) is 5.75 Å². The summed E-state index contributed by atoms with van der Waals surface area (Å²) in [5.41, 5.74) is 6.58. The summed E-state index contributed by atoms with van der Waals surface area (Å²) in [6.07, 6.45) is 1.29. The molecule has 0 heterocycles. The molecular weight excluding hydrogens is 320 g/mol. The van der Waals surface area contributed by atoms with E-state index in [1.54, 1.807) is 55.6 Å². The maximum atomic E-state index is 12.1. The van der Waals surface area contributed by atoms with Crippen molar-refractivity contribution in [2.45, 2.75) is 0 Å². The van der Waals surface area contributed by atoms with E-state index in [0.717, 1.165) is 0 Å². The summed E-state index contributed by atoms with van der Waals surface area (Å²) < 4.78 is 5.04. The van der Waals surface area contributed by atoms with Gasteiger partial charge >= 0.3 is 0 Å². The van der Waals surface area contributed by atoms with Crippen LogP contribution in [-0.2, 0) is 4.79 Å². The minimum atomic E-state index is -0.547. The van der Waals surface area contributed by atoms with E-state index in [9.17, 15) is 9.59 Å². The Morgan fingerprint density at radius 2 is 1.68 bits per heavy atom. The summed E-state index contributed by atoms with van der Waals surface area (Å²) in [6.45, 7) is 0. The van der Waals surface area contributed by atoms with Crippen LogP contribution in [0, 0.1) is 11.3 Å². The van der Waals surface area contributed by atoms with Crippen molar-refractivity contribution >= 4 is 23.2 Å². The number of anilines is 2. The number of hydrogen-bond donors (Lipinski definition) is 3. The fraction of sp³-hybridized carbons (Fsp3) is 0.0556. The Balaban J connectivity index is 2.04. The van der Waals surface area contributed by atoms with Crippen molar-refractivity contribution in [2.75, 3.05) is 17.7 Å². The fourth-order valence-electron chi connectivity index (χ4n) is 1.91. The average Bonchev–Trinajstić information content (AvgIpc) is 2.63. The molecule has 0 bridgehead atoms. The lowest BCUT2D eigenvalue weighted by atomic mass is 10.2. The SMILES string of the molecule is COc1ccc(NC(=O)/C(C#N)=C\Nc2ccc(C(N)=O)cc2)cc1. The first-order valence-electron chi connectivity index (χ1n) is 7.25. The van der Waals surface area contributed by atoms with E-state index in [-0.39, 0.29) is 5.57 Å². The number of hydrogen-bond acceptors (Lipinski definition) is 5. The number of primary amides is 1. The molecule has 4 N–H and O–H groups in total. The van der Waals surface area contributed by atoms with Crippen LogP contribution in [0.4, 0.5) is 11.4 Å². The molecule has 0 aliphatic rings. The molecule has 0 radical (unpaired) electrons. The predicted molar refractivity (Wildman–Crippen MR) is 93.9 cm³/mol. The molecule has 0 saturated heterocycles. The molecule has 7 heteroatoms. The smallest absolute Gasteiger partial charge is 0.267 e. The summed E-state index contributed by atoms with van der Waals surface area (Å²) in [6, 6.07) is 14.9. The summed E-state index contributed by atoms with van der Waals surface area (Å²) in [4.78, 5) is 23.1. The van der Waals surface area contributed by atoms with Crippen LogP contribution in [0.1, 0.15) is 10.4 Å². The number of nitriles is 1. The van der Waals surface area contributed by atoms with Crippen LogP contribution in [0.25, 0.3) is 0 Å². The van der Waals surface area contributed by atoms with E-state index < -0.39 is 11.8 Å². The molecule has 2 aromatic carbocycles. The van der Waals surface area contributed by atoms with Crippen molar-refractivity contribution in [2.24, 2.45) is 5.73 Å². The summed E-state index contributed by atoms with van der Waals surface area (Å²) in [5.74, 6) is -0.414. The van der Waals surface area contributed by atoms with Crippen molar-refractivity contribution in [3.05, 3.63) is 65.9 Å². The highest BCUT2D eigenvalue weighted by Crippen LogP contribution is 2.16. The predicted octanol–water partition coefficient (Wildman–Crippen LogP) is 2.25. The highest BCUT2D eigenvalue weighted by atomic mass is 16.5. The van der Waals surface area contributed by atoms with Gasteiger partial charge in [0.25, 0.3) is 5.91 Å². The Labute approximate surface area is 144 Å². The molecule has 2 rings (SSSR count). The van der Waals surface area contributed by atoms with E-state index in [1.807, 2.05) is 6.07 Å². The van der Waals surface area contributed by atoms with Crippen LogP contribution in [0.3, 0.4) is 0 Å². The number of carbonyl (C=O) groups excluding carboxylic acids is 2. The van der Waals surface area contributed by atoms with Crippen molar-refractivity contribution in [1.82, 2.24) is 0 Å². The molecule has 0 aliphatic carbocycles. The molecule has 0 saturated carbocycles. The third-order valence-electron chi connectivity index (χ3n) is 3.27. The molecule has 2 aromatic rings. The van der Waals surface area contributed by atoms with Gasteiger partial charge in [0.05, 0.1) is 7.11 Å². The number of rotatable bonds is 6. The Morgan fingerprint density at radius 1 is 1.08 bits per heavy atom. The molecule has 0 aromatic heterocycles. The first kappa shape index (κ1) is 17.6. The van der Waals surface area contributed by atoms with Crippen LogP contribution in [0.15, 0.2) is 60.3 Å². The highest BCUT2D eigenvalue weighted by molar-refractivity contribution is 6.06. The lowest BCUT2D eigenvalue weighted by Crippen LogP contribution is -2.14. The van der Waals surface area contributed by atoms with Gasteiger partial charge in [-0.25, -0.2) is 0 Å². The quantitative estimate of drug-likeness (QED) is 0.552. The second kappa shape index (κ2) is 8.17. The first-order chi connectivity index (χ1) is 12.0. The summed E-state index contributed by atoms with van der Waals surface area (Å²) in [7, 11) is 1.55. The monoisotopic (exact) mass is 336 g/mol. The zero-order valence-corrected chi connectivity index (χ0v) is 13.4. The largest absolute Gasteiger partial charge is 0.497 e. The van der Waals surface area contributed by atoms with E-state index in [4.69, 9.17) is 15.7 Å². The third-order valence-corrected chi connectivity index (χ3v) is 3.27. The van der Waals surface area contributed by atoms with Gasteiger partial charge in [0.15, 0.2) is 0 Å². The number of amides is 2. The third kappa shape index (κ3) is 4.84. The summed E-state index contributed by atoms with van der Waals surface area (Å²) in [5, 5.41) is 14.6. The van der Waals surface area contributed by atoms with Crippen LogP contribution >= 0.6 is 0 Å². The topological polar surface area (TPSA) is 117 Å².